The fourth-order valence-corrected chi connectivity index (χ4v) is 3.90. The van der Waals surface area contributed by atoms with Crippen LogP contribution in [-0.4, -0.2) is 23.9 Å². The van der Waals surface area contributed by atoms with Crippen molar-refractivity contribution in [2.75, 3.05) is 12.0 Å². The number of amides is 1. The number of methoxy groups -OCH3 is 1. The van der Waals surface area contributed by atoms with E-state index in [0.29, 0.717) is 27.2 Å². The average Bonchev–Trinajstić information content (AvgIpc) is 3.37. The lowest BCUT2D eigenvalue weighted by Crippen LogP contribution is -2.29. The molecule has 1 aliphatic heterocycles. The van der Waals surface area contributed by atoms with E-state index in [4.69, 9.17) is 32.4 Å². The number of benzene rings is 2. The van der Waals surface area contributed by atoms with Gasteiger partial charge in [-0.25, -0.2) is 0 Å². The second-order valence-electron chi connectivity index (χ2n) is 6.96. The van der Waals surface area contributed by atoms with E-state index in [1.165, 1.54) is 24.3 Å². The maximum absolute atomic E-state index is 13.1. The summed E-state index contributed by atoms with van der Waals surface area (Å²) in [5, 5.41) is 11.9. The van der Waals surface area contributed by atoms with E-state index in [9.17, 15) is 14.7 Å². The Morgan fingerprint density at radius 3 is 2.55 bits per heavy atom. The Morgan fingerprint density at radius 2 is 1.90 bits per heavy atom. The zero-order valence-corrected chi connectivity index (χ0v) is 18.1. The summed E-state index contributed by atoms with van der Waals surface area (Å²) >= 11 is 12.4. The number of carbonyl (C=O) groups is 2. The van der Waals surface area contributed by atoms with Crippen LogP contribution in [0.5, 0.6) is 5.75 Å². The van der Waals surface area contributed by atoms with Gasteiger partial charge in [-0.3, -0.25) is 14.5 Å². The molecule has 158 valence electrons. The van der Waals surface area contributed by atoms with Crippen LogP contribution in [0.3, 0.4) is 0 Å². The highest BCUT2D eigenvalue weighted by molar-refractivity contribution is 6.51. The van der Waals surface area contributed by atoms with Crippen molar-refractivity contribution in [1.29, 1.82) is 0 Å². The number of nitrogens with zero attached hydrogens (tertiary/aromatic N) is 1. The quantitative estimate of drug-likeness (QED) is 0.316. The van der Waals surface area contributed by atoms with Crippen molar-refractivity contribution in [2.45, 2.75) is 13.0 Å². The summed E-state index contributed by atoms with van der Waals surface area (Å²) in [4.78, 5) is 27.4. The molecule has 1 amide bonds. The number of halogens is 2. The molecule has 1 saturated heterocycles. The summed E-state index contributed by atoms with van der Waals surface area (Å²) < 4.78 is 10.8. The molecule has 8 heteroatoms. The number of rotatable bonds is 4. The van der Waals surface area contributed by atoms with E-state index in [1.54, 1.807) is 42.5 Å². The number of aliphatic hydroxyl groups is 1. The fraction of sp³-hybridized carbons (Fsp3) is 0.130. The lowest BCUT2D eigenvalue weighted by Gasteiger charge is -2.24. The van der Waals surface area contributed by atoms with Crippen molar-refractivity contribution in [2.24, 2.45) is 0 Å². The van der Waals surface area contributed by atoms with E-state index in [1.807, 2.05) is 6.92 Å². The van der Waals surface area contributed by atoms with Crippen LogP contribution in [0, 0.1) is 6.92 Å². The van der Waals surface area contributed by atoms with Crippen LogP contribution in [0.2, 0.25) is 10.0 Å². The number of furan rings is 1. The van der Waals surface area contributed by atoms with Crippen LogP contribution < -0.4 is 9.64 Å². The molecule has 1 aromatic heterocycles. The first-order valence-corrected chi connectivity index (χ1v) is 10.0. The molecule has 0 spiro atoms. The molecule has 3 aromatic rings. The Balaban J connectivity index is 1.97. The zero-order valence-electron chi connectivity index (χ0n) is 16.6. The number of anilines is 1. The van der Waals surface area contributed by atoms with Crippen LogP contribution in [0.4, 0.5) is 5.69 Å². The maximum Gasteiger partial charge on any atom is 0.300 e. The van der Waals surface area contributed by atoms with Gasteiger partial charge in [0.05, 0.1) is 24.5 Å². The first kappa shape index (κ1) is 21.0. The van der Waals surface area contributed by atoms with E-state index >= 15 is 0 Å². The average molecular weight is 458 g/mol. The number of carbonyl (C=O) groups excluding carboxylic acids is 2. The van der Waals surface area contributed by atoms with Gasteiger partial charge in [0.25, 0.3) is 11.7 Å². The van der Waals surface area contributed by atoms with E-state index in [2.05, 4.69) is 0 Å². The highest BCUT2D eigenvalue weighted by atomic mass is 35.5. The van der Waals surface area contributed by atoms with Gasteiger partial charge < -0.3 is 14.3 Å². The number of Topliss-reactive ketones (excluding diaryl/α,β-unsaturated/α-hetero) is 1. The van der Waals surface area contributed by atoms with Gasteiger partial charge in [0.1, 0.15) is 23.3 Å². The molecule has 1 unspecified atom stereocenters. The fourth-order valence-electron chi connectivity index (χ4n) is 3.56. The van der Waals surface area contributed by atoms with Crippen LogP contribution in [0.15, 0.2) is 64.8 Å². The molecule has 0 radical (unpaired) electrons. The van der Waals surface area contributed by atoms with Crippen molar-refractivity contribution >= 4 is 46.3 Å². The summed E-state index contributed by atoms with van der Waals surface area (Å²) in [7, 11) is 1.43. The number of aryl methyl sites for hydroxylation is 1. The Morgan fingerprint density at radius 1 is 1.13 bits per heavy atom. The van der Waals surface area contributed by atoms with Crippen molar-refractivity contribution in [3.8, 4) is 5.75 Å². The number of hydrogen-bond acceptors (Lipinski definition) is 5. The molecular weight excluding hydrogens is 441 g/mol. The summed E-state index contributed by atoms with van der Waals surface area (Å²) in [6.45, 7) is 1.83. The molecular formula is C23H17Cl2NO5. The van der Waals surface area contributed by atoms with E-state index < -0.39 is 23.5 Å². The first-order valence-electron chi connectivity index (χ1n) is 9.28. The second kappa shape index (κ2) is 8.13. The third-order valence-corrected chi connectivity index (χ3v) is 5.75. The molecule has 1 aliphatic rings. The SMILES string of the molecule is COc1ccc(Cl)cc1/C(O)=C1/C(=O)C(=O)N(c2ccc(C)c(Cl)c2)C1c1ccco1. The molecule has 4 rings (SSSR count). The molecule has 1 atom stereocenters. The predicted octanol–water partition coefficient (Wildman–Crippen LogP) is 5.53. The standard InChI is InChI=1S/C23H17Cl2NO5/c1-12-5-7-14(11-16(12)25)26-20(18-4-3-9-31-18)19(22(28)23(26)29)21(27)15-10-13(24)6-8-17(15)30-2/h3-11,20,27H,1-2H3/b21-19-. The predicted molar refractivity (Wildman–Crippen MR) is 118 cm³/mol. The first-order chi connectivity index (χ1) is 14.8. The van der Waals surface area contributed by atoms with Crippen LogP contribution in [0.1, 0.15) is 22.9 Å². The summed E-state index contributed by atoms with van der Waals surface area (Å²) in [6, 6.07) is 11.9. The van der Waals surface area contributed by atoms with Crippen molar-refractivity contribution in [3.63, 3.8) is 0 Å². The van der Waals surface area contributed by atoms with Gasteiger partial charge >= 0.3 is 0 Å². The van der Waals surface area contributed by atoms with Crippen molar-refractivity contribution in [1.82, 2.24) is 0 Å². The molecule has 2 heterocycles. The summed E-state index contributed by atoms with van der Waals surface area (Å²) in [5.74, 6) is -1.50. The van der Waals surface area contributed by atoms with Crippen molar-refractivity contribution in [3.05, 3.63) is 87.3 Å². The minimum absolute atomic E-state index is 0.141. The Hall–Kier alpha value is -3.22. The smallest absolute Gasteiger partial charge is 0.300 e. The zero-order chi connectivity index (χ0) is 22.3. The van der Waals surface area contributed by atoms with Crippen LogP contribution >= 0.6 is 23.2 Å². The monoisotopic (exact) mass is 457 g/mol. The number of ether oxygens (including phenoxy) is 1. The molecule has 0 aliphatic carbocycles. The second-order valence-corrected chi connectivity index (χ2v) is 7.81. The molecule has 1 N–H and O–H groups in total. The topological polar surface area (TPSA) is 80.0 Å². The van der Waals surface area contributed by atoms with Gasteiger partial charge in [-0.1, -0.05) is 29.3 Å². The number of aliphatic hydroxyl groups excluding tert-OH is 1. The van der Waals surface area contributed by atoms with Gasteiger partial charge in [0.15, 0.2) is 0 Å². The third kappa shape index (κ3) is 3.58. The van der Waals surface area contributed by atoms with E-state index in [0.717, 1.165) is 5.56 Å². The minimum Gasteiger partial charge on any atom is -0.507 e. The van der Waals surface area contributed by atoms with Gasteiger partial charge in [-0.15, -0.1) is 0 Å². The molecule has 31 heavy (non-hydrogen) atoms. The highest BCUT2D eigenvalue weighted by Gasteiger charge is 2.48. The molecule has 6 nitrogen and oxygen atoms in total. The summed E-state index contributed by atoms with van der Waals surface area (Å²) in [5.41, 5.74) is 1.26. The maximum atomic E-state index is 13.1. The largest absolute Gasteiger partial charge is 0.507 e. The number of ketones is 1. The van der Waals surface area contributed by atoms with Gasteiger partial charge in [-0.2, -0.15) is 0 Å². The minimum atomic E-state index is -1.00. The molecule has 2 aromatic carbocycles. The van der Waals surface area contributed by atoms with E-state index in [-0.39, 0.29) is 11.1 Å². The Labute approximate surface area is 188 Å². The summed E-state index contributed by atoms with van der Waals surface area (Å²) in [6.07, 6.45) is 1.43. The van der Waals surface area contributed by atoms with Gasteiger partial charge in [0.2, 0.25) is 0 Å². The van der Waals surface area contributed by atoms with Crippen LogP contribution in [0.25, 0.3) is 5.76 Å². The molecule has 0 saturated carbocycles. The normalized spacial score (nSPS) is 17.9. The van der Waals surface area contributed by atoms with Gasteiger partial charge in [0, 0.05) is 15.7 Å². The van der Waals surface area contributed by atoms with Crippen LogP contribution in [-0.2, 0) is 9.59 Å². The Kier molecular flexibility index (Phi) is 5.52. The number of hydrogen-bond donors (Lipinski definition) is 1. The third-order valence-electron chi connectivity index (χ3n) is 5.11. The lowest BCUT2D eigenvalue weighted by atomic mass is 9.98. The molecule has 0 bridgehead atoms. The molecule has 1 fully saturated rings. The van der Waals surface area contributed by atoms with Gasteiger partial charge in [-0.05, 0) is 55.0 Å². The highest BCUT2D eigenvalue weighted by Crippen LogP contribution is 2.44. The Bertz CT molecular complexity index is 1220. The lowest BCUT2D eigenvalue weighted by molar-refractivity contribution is -0.132. The van der Waals surface area contributed by atoms with Crippen molar-refractivity contribution < 1.29 is 23.8 Å².